The van der Waals surface area contributed by atoms with Gasteiger partial charge < -0.3 is 15.1 Å². The van der Waals surface area contributed by atoms with Crippen molar-refractivity contribution in [3.8, 4) is 0 Å². The van der Waals surface area contributed by atoms with Crippen LogP contribution in [0.15, 0.2) is 76.9 Å². The number of carbonyl (C=O) groups is 1. The van der Waals surface area contributed by atoms with Crippen molar-refractivity contribution in [2.45, 2.75) is 32.2 Å². The summed E-state index contributed by atoms with van der Waals surface area (Å²) in [6.07, 6.45) is 2.72. The van der Waals surface area contributed by atoms with Gasteiger partial charge in [0.05, 0.1) is 23.3 Å². The standard InChI is InChI=1S/C25H24N2O2/c1-15-7-10-17(11-8-15)18-13-21-24(22(28)14-18)25(23-12-9-16(2)29-23)27-20-6-4-3-5-19(20)26-21/h3-13,18,24-27H,14H2,1-2H3. The van der Waals surface area contributed by atoms with Crippen LogP contribution in [-0.4, -0.2) is 5.78 Å². The smallest absolute Gasteiger partial charge is 0.145 e. The molecule has 4 heteroatoms. The molecule has 0 amide bonds. The van der Waals surface area contributed by atoms with Crippen LogP contribution in [0.25, 0.3) is 0 Å². The van der Waals surface area contributed by atoms with E-state index in [1.54, 1.807) is 0 Å². The molecule has 2 aliphatic rings. The second-order valence-electron chi connectivity index (χ2n) is 8.03. The van der Waals surface area contributed by atoms with Gasteiger partial charge in [-0.05, 0) is 43.7 Å². The number of carbonyl (C=O) groups excluding carboxylic acids is 1. The SMILES string of the molecule is Cc1ccc(C2C=C3Nc4ccccc4NC(c4ccc(C)o4)C3C(=O)C2)cc1. The predicted octanol–water partition coefficient (Wildman–Crippen LogP) is 5.73. The average molecular weight is 384 g/mol. The van der Waals surface area contributed by atoms with Crippen LogP contribution in [0.5, 0.6) is 0 Å². The monoisotopic (exact) mass is 384 g/mol. The van der Waals surface area contributed by atoms with Crippen molar-refractivity contribution in [3.63, 3.8) is 0 Å². The summed E-state index contributed by atoms with van der Waals surface area (Å²) in [5.74, 6) is 1.62. The molecule has 3 aromatic rings. The number of furan rings is 1. The van der Waals surface area contributed by atoms with Gasteiger partial charge in [-0.15, -0.1) is 0 Å². The topological polar surface area (TPSA) is 54.3 Å². The van der Waals surface area contributed by atoms with E-state index in [4.69, 9.17) is 4.42 Å². The van der Waals surface area contributed by atoms with Crippen molar-refractivity contribution in [2.24, 2.45) is 5.92 Å². The number of hydrogen-bond acceptors (Lipinski definition) is 4. The second kappa shape index (κ2) is 6.96. The van der Waals surface area contributed by atoms with E-state index >= 15 is 0 Å². The number of allylic oxidation sites excluding steroid dienone is 1. The maximum Gasteiger partial charge on any atom is 0.145 e. The number of anilines is 2. The van der Waals surface area contributed by atoms with E-state index in [1.165, 1.54) is 11.1 Å². The molecule has 3 atom stereocenters. The first kappa shape index (κ1) is 17.8. The Morgan fingerprint density at radius 2 is 1.69 bits per heavy atom. The van der Waals surface area contributed by atoms with Gasteiger partial charge in [-0.25, -0.2) is 0 Å². The summed E-state index contributed by atoms with van der Waals surface area (Å²) in [5, 5.41) is 7.11. The van der Waals surface area contributed by atoms with Crippen LogP contribution in [-0.2, 0) is 4.79 Å². The summed E-state index contributed by atoms with van der Waals surface area (Å²) in [6.45, 7) is 4.01. The molecule has 1 aromatic heterocycles. The molecule has 29 heavy (non-hydrogen) atoms. The molecule has 3 unspecified atom stereocenters. The molecule has 146 valence electrons. The third kappa shape index (κ3) is 3.25. The van der Waals surface area contributed by atoms with Crippen molar-refractivity contribution in [3.05, 3.63) is 95.1 Å². The Labute approximate surface area is 170 Å². The molecular formula is C25H24N2O2. The fourth-order valence-electron chi connectivity index (χ4n) is 4.39. The van der Waals surface area contributed by atoms with Crippen molar-refractivity contribution in [1.29, 1.82) is 0 Å². The molecule has 5 rings (SSSR count). The van der Waals surface area contributed by atoms with Gasteiger partial charge in [-0.2, -0.15) is 0 Å². The first-order chi connectivity index (χ1) is 14.1. The third-order valence-corrected chi connectivity index (χ3v) is 5.91. The molecule has 2 heterocycles. The predicted molar refractivity (Wildman–Crippen MR) is 115 cm³/mol. The molecule has 2 N–H and O–H groups in total. The van der Waals surface area contributed by atoms with E-state index in [2.05, 4.69) is 47.9 Å². The van der Waals surface area contributed by atoms with Crippen LogP contribution in [0, 0.1) is 19.8 Å². The van der Waals surface area contributed by atoms with Crippen molar-refractivity contribution < 1.29 is 9.21 Å². The highest BCUT2D eigenvalue weighted by molar-refractivity contribution is 5.90. The largest absolute Gasteiger partial charge is 0.464 e. The van der Waals surface area contributed by atoms with Gasteiger partial charge in [0.15, 0.2) is 0 Å². The summed E-state index contributed by atoms with van der Waals surface area (Å²) < 4.78 is 5.95. The van der Waals surface area contributed by atoms with Crippen LogP contribution in [0.1, 0.15) is 41.0 Å². The molecule has 0 bridgehead atoms. The molecule has 2 aromatic carbocycles. The van der Waals surface area contributed by atoms with Crippen LogP contribution in [0.4, 0.5) is 11.4 Å². The highest BCUT2D eigenvalue weighted by Crippen LogP contribution is 2.44. The van der Waals surface area contributed by atoms with Crippen molar-refractivity contribution in [1.82, 2.24) is 0 Å². The van der Waals surface area contributed by atoms with E-state index in [9.17, 15) is 4.79 Å². The van der Waals surface area contributed by atoms with Gasteiger partial charge in [0.2, 0.25) is 0 Å². The summed E-state index contributed by atoms with van der Waals surface area (Å²) in [5.41, 5.74) is 5.30. The normalized spacial score (nSPS) is 23.2. The lowest BCUT2D eigenvalue weighted by Crippen LogP contribution is -2.33. The van der Waals surface area contributed by atoms with E-state index in [0.29, 0.717) is 6.42 Å². The number of ketones is 1. The minimum Gasteiger partial charge on any atom is -0.464 e. The molecule has 4 nitrogen and oxygen atoms in total. The average Bonchev–Trinajstić information content (AvgIpc) is 3.06. The summed E-state index contributed by atoms with van der Waals surface area (Å²) >= 11 is 0. The number of hydrogen-bond donors (Lipinski definition) is 2. The number of para-hydroxylation sites is 2. The van der Waals surface area contributed by atoms with E-state index in [-0.39, 0.29) is 23.7 Å². The summed E-state index contributed by atoms with van der Waals surface area (Å²) in [4.78, 5) is 13.4. The summed E-state index contributed by atoms with van der Waals surface area (Å²) in [7, 11) is 0. The highest BCUT2D eigenvalue weighted by Gasteiger charge is 2.41. The molecule has 1 aliphatic carbocycles. The first-order valence-corrected chi connectivity index (χ1v) is 10.1. The zero-order valence-corrected chi connectivity index (χ0v) is 16.6. The number of nitrogens with one attached hydrogen (secondary N) is 2. The van der Waals surface area contributed by atoms with Gasteiger partial charge in [0, 0.05) is 18.0 Å². The van der Waals surface area contributed by atoms with Crippen LogP contribution >= 0.6 is 0 Å². The Hall–Kier alpha value is -3.27. The summed E-state index contributed by atoms with van der Waals surface area (Å²) in [6, 6.07) is 20.2. The number of benzene rings is 2. The number of rotatable bonds is 2. The lowest BCUT2D eigenvalue weighted by molar-refractivity contribution is -0.123. The Bertz CT molecular complexity index is 1090. The van der Waals surface area contributed by atoms with Crippen LogP contribution in [0.2, 0.25) is 0 Å². The molecule has 0 spiro atoms. The lowest BCUT2D eigenvalue weighted by atomic mass is 9.77. The van der Waals surface area contributed by atoms with Gasteiger partial charge in [0.1, 0.15) is 17.3 Å². The quantitative estimate of drug-likeness (QED) is 0.592. The highest BCUT2D eigenvalue weighted by atomic mass is 16.3. The Balaban J connectivity index is 1.61. The van der Waals surface area contributed by atoms with Gasteiger partial charge in [0.25, 0.3) is 0 Å². The lowest BCUT2D eigenvalue weighted by Gasteiger charge is -2.31. The van der Waals surface area contributed by atoms with Crippen molar-refractivity contribution in [2.75, 3.05) is 10.6 Å². The van der Waals surface area contributed by atoms with E-state index in [0.717, 1.165) is 28.6 Å². The molecule has 1 aliphatic heterocycles. The number of Topliss-reactive ketones (excluding diaryl/α,β-unsaturated/α-hetero) is 1. The maximum atomic E-state index is 13.4. The van der Waals surface area contributed by atoms with Gasteiger partial charge >= 0.3 is 0 Å². The second-order valence-corrected chi connectivity index (χ2v) is 8.03. The number of aryl methyl sites for hydroxylation is 2. The third-order valence-electron chi connectivity index (χ3n) is 5.91. The maximum absolute atomic E-state index is 13.4. The minimum atomic E-state index is -0.311. The molecule has 0 saturated carbocycles. The Kier molecular flexibility index (Phi) is 4.27. The Morgan fingerprint density at radius 3 is 2.41 bits per heavy atom. The zero-order valence-electron chi connectivity index (χ0n) is 16.6. The van der Waals surface area contributed by atoms with Crippen LogP contribution in [0.3, 0.4) is 0 Å². The molecule has 0 saturated heterocycles. The van der Waals surface area contributed by atoms with Gasteiger partial charge in [-0.3, -0.25) is 4.79 Å². The van der Waals surface area contributed by atoms with E-state index < -0.39 is 0 Å². The van der Waals surface area contributed by atoms with Crippen LogP contribution < -0.4 is 10.6 Å². The number of fused-ring (bicyclic) bond motifs is 2. The molecular weight excluding hydrogens is 360 g/mol. The van der Waals surface area contributed by atoms with Gasteiger partial charge in [-0.1, -0.05) is 48.0 Å². The van der Waals surface area contributed by atoms with E-state index in [1.807, 2.05) is 43.3 Å². The fraction of sp³-hybridized carbons (Fsp3) is 0.240. The Morgan fingerprint density at radius 1 is 0.931 bits per heavy atom. The molecule has 0 fully saturated rings. The first-order valence-electron chi connectivity index (χ1n) is 10.1. The minimum absolute atomic E-state index is 0.0751. The zero-order chi connectivity index (χ0) is 20.0. The molecule has 0 radical (unpaired) electrons. The fourth-order valence-corrected chi connectivity index (χ4v) is 4.39. The van der Waals surface area contributed by atoms with Crippen molar-refractivity contribution >= 4 is 17.2 Å².